The maximum absolute atomic E-state index is 4.15. The first-order chi connectivity index (χ1) is 8.25. The lowest BCUT2D eigenvalue weighted by atomic mass is 10.1. The third kappa shape index (κ3) is 3.39. The molecule has 90 valence electrons. The second kappa shape index (κ2) is 5.59. The van der Waals surface area contributed by atoms with Crippen molar-refractivity contribution in [3.8, 4) is 0 Å². The van der Waals surface area contributed by atoms with Crippen molar-refractivity contribution >= 4 is 0 Å². The molecule has 1 unspecified atom stereocenters. The Balaban J connectivity index is 1.79. The van der Waals surface area contributed by atoms with Crippen molar-refractivity contribution in [2.45, 2.75) is 19.4 Å². The topological polar surface area (TPSA) is 42.7 Å². The first-order valence-corrected chi connectivity index (χ1v) is 5.86. The first kappa shape index (κ1) is 11.8. The molecular formula is C13H18N4. The Hall–Kier alpha value is -1.68. The Bertz CT molecular complexity index is 449. The van der Waals surface area contributed by atoms with E-state index in [2.05, 4.69) is 34.6 Å². The molecule has 4 nitrogen and oxygen atoms in total. The molecule has 17 heavy (non-hydrogen) atoms. The Morgan fingerprint density at radius 3 is 2.94 bits per heavy atom. The Kier molecular flexibility index (Phi) is 3.88. The molecule has 2 aromatic rings. The van der Waals surface area contributed by atoms with Gasteiger partial charge in [-0.1, -0.05) is 6.07 Å². The van der Waals surface area contributed by atoms with Gasteiger partial charge in [-0.25, -0.2) is 0 Å². The van der Waals surface area contributed by atoms with Gasteiger partial charge in [0.2, 0.25) is 0 Å². The lowest BCUT2D eigenvalue weighted by molar-refractivity contribution is 0.575. The monoisotopic (exact) mass is 230 g/mol. The summed E-state index contributed by atoms with van der Waals surface area (Å²) in [4.78, 5) is 4.12. The molecule has 2 aromatic heterocycles. The Morgan fingerprint density at radius 2 is 2.29 bits per heavy atom. The lowest BCUT2D eigenvalue weighted by Gasteiger charge is -2.13. The molecular weight excluding hydrogens is 212 g/mol. The second-order valence-electron chi connectivity index (χ2n) is 4.23. The molecule has 0 spiro atoms. The summed E-state index contributed by atoms with van der Waals surface area (Å²) in [6, 6.07) is 4.39. The predicted octanol–water partition coefficient (Wildman–Crippen LogP) is 1.71. The average Bonchev–Trinajstić information content (AvgIpc) is 2.76. The van der Waals surface area contributed by atoms with E-state index in [1.54, 1.807) is 6.20 Å². The number of aryl methyl sites for hydroxylation is 1. The molecule has 0 amide bonds. The molecule has 2 heterocycles. The average molecular weight is 230 g/mol. The minimum absolute atomic E-state index is 0.334. The standard InChI is InChI=1S/C13H18N4/c1-11(13-4-3-6-14-9-13)15-7-5-12-8-16-17(2)10-12/h3-4,6,8-11,15H,5,7H2,1-2H3. The highest BCUT2D eigenvalue weighted by atomic mass is 15.2. The van der Waals surface area contributed by atoms with Gasteiger partial charge in [0.1, 0.15) is 0 Å². The Morgan fingerprint density at radius 1 is 1.41 bits per heavy atom. The number of pyridine rings is 1. The fraction of sp³-hybridized carbons (Fsp3) is 0.385. The Labute approximate surface area is 102 Å². The van der Waals surface area contributed by atoms with Gasteiger partial charge >= 0.3 is 0 Å². The van der Waals surface area contributed by atoms with E-state index in [1.807, 2.05) is 30.2 Å². The molecule has 4 heteroatoms. The van der Waals surface area contributed by atoms with Crippen LogP contribution in [0.2, 0.25) is 0 Å². The van der Waals surface area contributed by atoms with Crippen LogP contribution in [0.25, 0.3) is 0 Å². The maximum atomic E-state index is 4.15. The van der Waals surface area contributed by atoms with Crippen molar-refractivity contribution in [2.24, 2.45) is 7.05 Å². The molecule has 1 atom stereocenters. The number of aromatic nitrogens is 3. The van der Waals surface area contributed by atoms with Crippen LogP contribution in [0, 0.1) is 0 Å². The molecule has 0 saturated heterocycles. The molecule has 0 aromatic carbocycles. The van der Waals surface area contributed by atoms with E-state index in [0.29, 0.717) is 6.04 Å². The summed E-state index contributed by atoms with van der Waals surface area (Å²) in [5.74, 6) is 0. The molecule has 0 fully saturated rings. The summed E-state index contributed by atoms with van der Waals surface area (Å²) in [5, 5.41) is 7.63. The van der Waals surface area contributed by atoms with E-state index < -0.39 is 0 Å². The molecule has 0 aliphatic carbocycles. The third-order valence-electron chi connectivity index (χ3n) is 2.81. The quantitative estimate of drug-likeness (QED) is 0.850. The summed E-state index contributed by atoms with van der Waals surface area (Å²) in [6.45, 7) is 3.10. The van der Waals surface area contributed by atoms with Crippen molar-refractivity contribution in [2.75, 3.05) is 6.54 Å². The summed E-state index contributed by atoms with van der Waals surface area (Å²) >= 11 is 0. The zero-order valence-corrected chi connectivity index (χ0v) is 10.3. The lowest BCUT2D eigenvalue weighted by Crippen LogP contribution is -2.21. The molecule has 0 aliphatic heterocycles. The largest absolute Gasteiger partial charge is 0.310 e. The van der Waals surface area contributed by atoms with Crippen molar-refractivity contribution in [3.05, 3.63) is 48.0 Å². The van der Waals surface area contributed by atoms with Gasteiger partial charge in [-0.15, -0.1) is 0 Å². The van der Waals surface area contributed by atoms with Crippen LogP contribution in [0.5, 0.6) is 0 Å². The highest BCUT2D eigenvalue weighted by Crippen LogP contribution is 2.09. The maximum Gasteiger partial charge on any atom is 0.0522 e. The number of nitrogens with zero attached hydrogens (tertiary/aromatic N) is 3. The number of hydrogen-bond acceptors (Lipinski definition) is 3. The van der Waals surface area contributed by atoms with Gasteiger partial charge in [0.15, 0.2) is 0 Å². The highest BCUT2D eigenvalue weighted by molar-refractivity contribution is 5.13. The smallest absolute Gasteiger partial charge is 0.0522 e. The summed E-state index contributed by atoms with van der Waals surface area (Å²) in [7, 11) is 1.94. The van der Waals surface area contributed by atoms with Gasteiger partial charge in [0.25, 0.3) is 0 Å². The number of rotatable bonds is 5. The van der Waals surface area contributed by atoms with E-state index in [-0.39, 0.29) is 0 Å². The van der Waals surface area contributed by atoms with Crippen LogP contribution in [0.4, 0.5) is 0 Å². The molecule has 0 bridgehead atoms. The fourth-order valence-corrected chi connectivity index (χ4v) is 1.78. The number of nitrogens with one attached hydrogen (secondary N) is 1. The minimum Gasteiger partial charge on any atom is -0.310 e. The van der Waals surface area contributed by atoms with E-state index in [4.69, 9.17) is 0 Å². The van der Waals surface area contributed by atoms with E-state index in [0.717, 1.165) is 13.0 Å². The summed E-state index contributed by atoms with van der Waals surface area (Å²) in [5.41, 5.74) is 2.48. The van der Waals surface area contributed by atoms with Crippen LogP contribution in [0.15, 0.2) is 36.9 Å². The van der Waals surface area contributed by atoms with Crippen LogP contribution in [0.1, 0.15) is 24.1 Å². The molecule has 0 aliphatic rings. The van der Waals surface area contributed by atoms with Gasteiger partial charge in [0, 0.05) is 31.7 Å². The normalized spacial score (nSPS) is 12.6. The SMILES string of the molecule is CC(NCCc1cnn(C)c1)c1cccnc1. The molecule has 1 N–H and O–H groups in total. The summed E-state index contributed by atoms with van der Waals surface area (Å²) in [6.07, 6.45) is 8.67. The van der Waals surface area contributed by atoms with Crippen molar-refractivity contribution in [1.29, 1.82) is 0 Å². The van der Waals surface area contributed by atoms with Gasteiger partial charge in [0.05, 0.1) is 6.20 Å². The predicted molar refractivity (Wildman–Crippen MR) is 67.6 cm³/mol. The third-order valence-corrected chi connectivity index (χ3v) is 2.81. The van der Waals surface area contributed by atoms with Crippen LogP contribution in [-0.2, 0) is 13.5 Å². The van der Waals surface area contributed by atoms with Crippen LogP contribution in [0.3, 0.4) is 0 Å². The highest BCUT2D eigenvalue weighted by Gasteiger charge is 2.04. The van der Waals surface area contributed by atoms with Gasteiger partial charge < -0.3 is 5.32 Å². The molecule has 0 saturated carbocycles. The second-order valence-corrected chi connectivity index (χ2v) is 4.23. The van der Waals surface area contributed by atoms with E-state index in [9.17, 15) is 0 Å². The fourth-order valence-electron chi connectivity index (χ4n) is 1.78. The van der Waals surface area contributed by atoms with E-state index >= 15 is 0 Å². The van der Waals surface area contributed by atoms with E-state index in [1.165, 1.54) is 11.1 Å². The number of hydrogen-bond donors (Lipinski definition) is 1. The van der Waals surface area contributed by atoms with Crippen molar-refractivity contribution in [3.63, 3.8) is 0 Å². The summed E-state index contributed by atoms with van der Waals surface area (Å²) < 4.78 is 1.83. The van der Waals surface area contributed by atoms with Crippen molar-refractivity contribution in [1.82, 2.24) is 20.1 Å². The van der Waals surface area contributed by atoms with Crippen molar-refractivity contribution < 1.29 is 0 Å². The molecule has 0 radical (unpaired) electrons. The van der Waals surface area contributed by atoms with Gasteiger partial charge in [-0.3, -0.25) is 9.67 Å². The van der Waals surface area contributed by atoms with Crippen LogP contribution >= 0.6 is 0 Å². The zero-order chi connectivity index (χ0) is 12.1. The van der Waals surface area contributed by atoms with Gasteiger partial charge in [-0.05, 0) is 37.1 Å². The van der Waals surface area contributed by atoms with Crippen LogP contribution in [-0.4, -0.2) is 21.3 Å². The first-order valence-electron chi connectivity index (χ1n) is 5.86. The minimum atomic E-state index is 0.334. The van der Waals surface area contributed by atoms with Gasteiger partial charge in [-0.2, -0.15) is 5.10 Å². The van der Waals surface area contributed by atoms with Crippen LogP contribution < -0.4 is 5.32 Å². The molecule has 2 rings (SSSR count). The zero-order valence-electron chi connectivity index (χ0n) is 10.3.